The van der Waals surface area contributed by atoms with E-state index in [1.165, 1.54) is 0 Å². The van der Waals surface area contributed by atoms with E-state index in [9.17, 15) is 4.79 Å². The van der Waals surface area contributed by atoms with Crippen LogP contribution >= 0.6 is 24.0 Å². The van der Waals surface area contributed by atoms with E-state index >= 15 is 0 Å². The molecule has 4 nitrogen and oxygen atoms in total. The fourth-order valence-electron chi connectivity index (χ4n) is 3.59. The minimum Gasteiger partial charge on any atom is -0.374 e. The van der Waals surface area contributed by atoms with Gasteiger partial charge >= 0.3 is 0 Å². The minimum absolute atomic E-state index is 0.0204. The van der Waals surface area contributed by atoms with Crippen LogP contribution in [0.1, 0.15) is 25.3 Å². The van der Waals surface area contributed by atoms with Gasteiger partial charge in [0.1, 0.15) is 0 Å². The molecule has 0 amide bonds. The summed E-state index contributed by atoms with van der Waals surface area (Å²) in [6.07, 6.45) is 2.81. The Kier molecular flexibility index (Phi) is 3.63. The molecule has 3 heterocycles. The largest absolute Gasteiger partial charge is 0.374 e. The van der Waals surface area contributed by atoms with Crippen molar-refractivity contribution in [2.75, 3.05) is 18.1 Å². The summed E-state index contributed by atoms with van der Waals surface area (Å²) in [5.41, 5.74) is 0.777. The van der Waals surface area contributed by atoms with Crippen LogP contribution in [0.5, 0.6) is 0 Å². The number of thioether (sulfide) groups is 1. The lowest BCUT2D eigenvalue weighted by molar-refractivity contribution is -0.0768. The van der Waals surface area contributed by atoms with E-state index in [1.54, 1.807) is 4.57 Å². The Hall–Kier alpha value is -1.11. The molecule has 1 spiro atoms. The number of hydrogen-bond acceptors (Lipinski definition) is 4. The summed E-state index contributed by atoms with van der Waals surface area (Å²) >= 11 is 7.41. The number of para-hydroxylation sites is 1. The number of benzene rings is 1. The monoisotopic (exact) mass is 334 g/mol. The quantitative estimate of drug-likeness (QED) is 0.813. The second-order valence-electron chi connectivity index (χ2n) is 6.13. The van der Waals surface area contributed by atoms with Gasteiger partial charge in [0.2, 0.25) is 0 Å². The molecule has 2 atom stereocenters. The molecule has 2 aliphatic heterocycles. The molecule has 6 heteroatoms. The molecule has 0 aliphatic carbocycles. The zero-order chi connectivity index (χ0) is 15.2. The van der Waals surface area contributed by atoms with E-state index in [-0.39, 0.29) is 17.2 Å². The lowest BCUT2D eigenvalue weighted by atomic mass is 9.89. The second kappa shape index (κ2) is 5.51. The summed E-state index contributed by atoms with van der Waals surface area (Å²) in [5, 5.41) is 0.706. The number of hydrogen-bond donors (Lipinski definition) is 1. The zero-order valence-corrected chi connectivity index (χ0v) is 13.8. The van der Waals surface area contributed by atoms with Crippen molar-refractivity contribution in [2.24, 2.45) is 0 Å². The fourth-order valence-corrected chi connectivity index (χ4v) is 5.31. The molecule has 1 aromatic carbocycles. The molecule has 2 aliphatic rings. The highest BCUT2D eigenvalue weighted by Crippen LogP contribution is 2.41. The molecular formula is C16H18N2O2S2. The van der Waals surface area contributed by atoms with Crippen molar-refractivity contribution in [3.63, 3.8) is 0 Å². The van der Waals surface area contributed by atoms with Gasteiger partial charge in [-0.1, -0.05) is 12.1 Å². The van der Waals surface area contributed by atoms with Crippen molar-refractivity contribution >= 4 is 34.9 Å². The molecule has 2 aromatic rings. The maximum Gasteiger partial charge on any atom is 0.262 e. The van der Waals surface area contributed by atoms with Gasteiger partial charge in [0.05, 0.1) is 16.5 Å². The van der Waals surface area contributed by atoms with Gasteiger partial charge in [-0.25, -0.2) is 0 Å². The smallest absolute Gasteiger partial charge is 0.262 e. The van der Waals surface area contributed by atoms with Crippen molar-refractivity contribution in [2.45, 2.75) is 30.9 Å². The SMILES string of the molecule is O=c1c2ccccc2[nH]c(=S)n1[C@@H]1CCO[C@@]2(CCSC2)C1. The lowest BCUT2D eigenvalue weighted by Crippen LogP contribution is -2.42. The lowest BCUT2D eigenvalue weighted by Gasteiger charge is -2.38. The van der Waals surface area contributed by atoms with Gasteiger partial charge in [0.25, 0.3) is 5.56 Å². The Morgan fingerprint density at radius 1 is 1.41 bits per heavy atom. The van der Waals surface area contributed by atoms with E-state index in [2.05, 4.69) is 4.98 Å². The molecule has 0 radical (unpaired) electrons. The van der Waals surface area contributed by atoms with Gasteiger partial charge in [-0.05, 0) is 49.4 Å². The van der Waals surface area contributed by atoms with Gasteiger partial charge in [-0.3, -0.25) is 9.36 Å². The summed E-state index contributed by atoms with van der Waals surface area (Å²) in [7, 11) is 0. The first kappa shape index (κ1) is 14.5. The molecular weight excluding hydrogens is 316 g/mol. The van der Waals surface area contributed by atoms with Gasteiger partial charge < -0.3 is 9.72 Å². The number of ether oxygens (including phenoxy) is 1. The highest BCUT2D eigenvalue weighted by Gasteiger charge is 2.41. The topological polar surface area (TPSA) is 47.0 Å². The maximum absolute atomic E-state index is 12.9. The average molecular weight is 334 g/mol. The Balaban J connectivity index is 1.80. The first-order chi connectivity index (χ1) is 10.7. The third-order valence-corrected chi connectivity index (χ3v) is 6.26. The third kappa shape index (κ3) is 2.33. The highest BCUT2D eigenvalue weighted by atomic mass is 32.2. The van der Waals surface area contributed by atoms with Gasteiger partial charge in [-0.2, -0.15) is 11.8 Å². The Labute approximate surface area is 137 Å². The molecule has 2 fully saturated rings. The van der Waals surface area contributed by atoms with E-state index < -0.39 is 0 Å². The van der Waals surface area contributed by atoms with Gasteiger partial charge in [-0.15, -0.1) is 0 Å². The van der Waals surface area contributed by atoms with Crippen LogP contribution in [-0.4, -0.2) is 33.3 Å². The summed E-state index contributed by atoms with van der Waals surface area (Å²) in [5.74, 6) is 2.18. The van der Waals surface area contributed by atoms with E-state index in [4.69, 9.17) is 17.0 Å². The molecule has 4 rings (SSSR count). The molecule has 0 unspecified atom stereocenters. The summed E-state index contributed by atoms with van der Waals surface area (Å²) in [6.45, 7) is 0.708. The molecule has 0 saturated carbocycles. The van der Waals surface area contributed by atoms with Crippen molar-refractivity contribution in [1.82, 2.24) is 9.55 Å². The average Bonchev–Trinajstić information content (AvgIpc) is 2.95. The summed E-state index contributed by atoms with van der Waals surface area (Å²) < 4.78 is 8.37. The molecule has 1 N–H and O–H groups in total. The predicted molar refractivity (Wildman–Crippen MR) is 92.3 cm³/mol. The first-order valence-electron chi connectivity index (χ1n) is 7.64. The predicted octanol–water partition coefficient (Wildman–Crippen LogP) is 3.29. The van der Waals surface area contributed by atoms with Crippen molar-refractivity contribution in [3.05, 3.63) is 39.4 Å². The van der Waals surface area contributed by atoms with Crippen LogP contribution in [0, 0.1) is 4.77 Å². The van der Waals surface area contributed by atoms with Crippen molar-refractivity contribution in [3.8, 4) is 0 Å². The van der Waals surface area contributed by atoms with Crippen LogP contribution in [0.25, 0.3) is 10.9 Å². The third-order valence-electron chi connectivity index (χ3n) is 4.74. The number of nitrogens with one attached hydrogen (secondary N) is 1. The van der Waals surface area contributed by atoms with Crippen LogP contribution in [0.15, 0.2) is 29.1 Å². The Morgan fingerprint density at radius 2 is 2.27 bits per heavy atom. The molecule has 2 saturated heterocycles. The van der Waals surface area contributed by atoms with E-state index in [0.29, 0.717) is 16.8 Å². The molecule has 0 bridgehead atoms. The summed E-state index contributed by atoms with van der Waals surface area (Å²) in [6, 6.07) is 7.70. The molecule has 1 aromatic heterocycles. The number of H-pyrrole nitrogens is 1. The number of fused-ring (bicyclic) bond motifs is 1. The number of nitrogens with zero attached hydrogens (tertiary/aromatic N) is 1. The number of rotatable bonds is 1. The Bertz CT molecular complexity index is 821. The molecule has 116 valence electrons. The van der Waals surface area contributed by atoms with Crippen LogP contribution in [0.3, 0.4) is 0 Å². The highest BCUT2D eigenvalue weighted by molar-refractivity contribution is 7.99. The molecule has 22 heavy (non-hydrogen) atoms. The standard InChI is InChI=1S/C16H18N2O2S2/c19-14-12-3-1-2-4-13(12)17-15(21)18(14)11-5-7-20-16(9-11)6-8-22-10-16/h1-4,11H,5-10H2,(H,17,21)/t11-,16+/m1/s1. The van der Waals surface area contributed by atoms with Gasteiger partial charge in [0, 0.05) is 18.4 Å². The number of aromatic amines is 1. The van der Waals surface area contributed by atoms with Gasteiger partial charge in [0.15, 0.2) is 4.77 Å². The first-order valence-corrected chi connectivity index (χ1v) is 9.20. The second-order valence-corrected chi connectivity index (χ2v) is 7.62. The van der Waals surface area contributed by atoms with Crippen LogP contribution in [-0.2, 0) is 4.74 Å². The number of aromatic nitrogens is 2. The maximum atomic E-state index is 12.9. The zero-order valence-electron chi connectivity index (χ0n) is 12.2. The Morgan fingerprint density at radius 3 is 3.09 bits per heavy atom. The van der Waals surface area contributed by atoms with Crippen molar-refractivity contribution < 1.29 is 4.74 Å². The normalized spacial score (nSPS) is 28.5. The van der Waals surface area contributed by atoms with Crippen LogP contribution in [0.4, 0.5) is 0 Å². The van der Waals surface area contributed by atoms with Crippen LogP contribution < -0.4 is 5.56 Å². The van der Waals surface area contributed by atoms with Crippen LogP contribution in [0.2, 0.25) is 0 Å². The summed E-state index contributed by atoms with van der Waals surface area (Å²) in [4.78, 5) is 16.1. The fraction of sp³-hybridized carbons (Fsp3) is 0.500. The van der Waals surface area contributed by atoms with E-state index in [0.717, 1.165) is 36.3 Å². The minimum atomic E-state index is -0.0551. The van der Waals surface area contributed by atoms with Crippen molar-refractivity contribution in [1.29, 1.82) is 0 Å². The van der Waals surface area contributed by atoms with E-state index in [1.807, 2.05) is 36.0 Å².